The fraction of sp³-hybridized carbons (Fsp3) is 0.214. The molecule has 2 aliphatic heterocycles. The summed E-state index contributed by atoms with van der Waals surface area (Å²) in [4.78, 5) is 0. The van der Waals surface area contributed by atoms with Crippen molar-refractivity contribution in [3.05, 3.63) is 60.6 Å². The van der Waals surface area contributed by atoms with Crippen molar-refractivity contribution in [2.24, 2.45) is 0 Å². The fourth-order valence-electron chi connectivity index (χ4n) is 2.79. The van der Waals surface area contributed by atoms with Gasteiger partial charge in [0.05, 0.1) is 11.6 Å². The molecule has 0 aliphatic carbocycles. The third-order valence-electron chi connectivity index (χ3n) is 3.74. The number of nitrogens with one attached hydrogen (secondary N) is 1. The van der Waals surface area contributed by atoms with Crippen LogP contribution in [0.5, 0.6) is 0 Å². The summed E-state index contributed by atoms with van der Waals surface area (Å²) in [6.45, 7) is 0.964. The van der Waals surface area contributed by atoms with Crippen LogP contribution in [0.25, 0.3) is 5.52 Å². The highest BCUT2D eigenvalue weighted by molar-refractivity contribution is 5.46. The molecule has 0 bridgehead atoms. The van der Waals surface area contributed by atoms with Gasteiger partial charge in [0, 0.05) is 31.1 Å². The van der Waals surface area contributed by atoms with Crippen LogP contribution in [-0.4, -0.2) is 27.2 Å². The molecule has 4 heteroatoms. The van der Waals surface area contributed by atoms with Gasteiger partial charge in [0.25, 0.3) is 0 Å². The molecule has 1 N–H and O–H groups in total. The zero-order chi connectivity index (χ0) is 11.9. The number of hydrogen-bond donors (Lipinski definition) is 1. The normalized spacial score (nSPS) is 25.9. The molecule has 2 aliphatic rings. The zero-order valence-electron chi connectivity index (χ0n) is 9.90. The Morgan fingerprint density at radius 1 is 1.22 bits per heavy atom. The van der Waals surface area contributed by atoms with Crippen LogP contribution in [-0.2, 0) is 0 Å². The minimum atomic E-state index is 0.406. The van der Waals surface area contributed by atoms with Gasteiger partial charge in [0.2, 0.25) is 0 Å². The van der Waals surface area contributed by atoms with Gasteiger partial charge in [-0.1, -0.05) is 18.2 Å². The number of aromatic nitrogens is 2. The summed E-state index contributed by atoms with van der Waals surface area (Å²) in [5.74, 6) is 0.472. The van der Waals surface area contributed by atoms with Crippen LogP contribution in [0.2, 0.25) is 0 Å². The maximum atomic E-state index is 4.31. The first-order chi connectivity index (χ1) is 8.92. The van der Waals surface area contributed by atoms with E-state index in [9.17, 15) is 0 Å². The van der Waals surface area contributed by atoms with Crippen molar-refractivity contribution >= 4 is 5.52 Å². The van der Waals surface area contributed by atoms with E-state index in [0.29, 0.717) is 12.0 Å². The topological polar surface area (TPSA) is 32.6 Å². The second kappa shape index (κ2) is 3.71. The molecular formula is C14H14N4. The van der Waals surface area contributed by atoms with Gasteiger partial charge < -0.3 is 5.01 Å². The molecule has 1 saturated heterocycles. The number of nitrogens with zero attached hydrogens (tertiary/aromatic N) is 3. The maximum Gasteiger partial charge on any atom is 0.0713 e. The van der Waals surface area contributed by atoms with E-state index < -0.39 is 0 Å². The lowest BCUT2D eigenvalue weighted by Crippen LogP contribution is -2.32. The van der Waals surface area contributed by atoms with Crippen LogP contribution >= 0.6 is 0 Å². The lowest BCUT2D eigenvalue weighted by Gasteiger charge is -2.25. The van der Waals surface area contributed by atoms with E-state index in [1.807, 2.05) is 16.8 Å². The highest BCUT2D eigenvalue weighted by Gasteiger charge is 2.32. The summed E-state index contributed by atoms with van der Waals surface area (Å²) in [7, 11) is 0. The van der Waals surface area contributed by atoms with E-state index in [1.165, 1.54) is 5.56 Å². The van der Waals surface area contributed by atoms with Gasteiger partial charge in [-0.05, 0) is 23.8 Å². The van der Waals surface area contributed by atoms with E-state index in [-0.39, 0.29) is 0 Å². The van der Waals surface area contributed by atoms with Crippen molar-refractivity contribution in [2.75, 3.05) is 6.54 Å². The van der Waals surface area contributed by atoms with Gasteiger partial charge >= 0.3 is 0 Å². The van der Waals surface area contributed by atoms with E-state index in [0.717, 1.165) is 12.1 Å². The molecule has 2 unspecified atom stereocenters. The summed E-state index contributed by atoms with van der Waals surface area (Å²) < 4.78 is 1.94. The number of fused-ring (bicyclic) bond motifs is 2. The Hall–Kier alpha value is -2.07. The summed E-state index contributed by atoms with van der Waals surface area (Å²) in [5.41, 5.74) is 5.88. The van der Waals surface area contributed by atoms with Gasteiger partial charge in [0.15, 0.2) is 0 Å². The van der Waals surface area contributed by atoms with Crippen molar-refractivity contribution in [3.8, 4) is 0 Å². The third kappa shape index (κ3) is 1.39. The summed E-state index contributed by atoms with van der Waals surface area (Å²) in [6, 6.07) is 6.77. The summed E-state index contributed by atoms with van der Waals surface area (Å²) in [6.07, 6.45) is 12.5. The average molecular weight is 238 g/mol. The molecule has 2 aromatic rings. The van der Waals surface area contributed by atoms with Crippen molar-refractivity contribution in [3.63, 3.8) is 0 Å². The van der Waals surface area contributed by atoms with Gasteiger partial charge in [-0.25, -0.2) is 9.94 Å². The minimum absolute atomic E-state index is 0.406. The van der Waals surface area contributed by atoms with E-state index in [4.69, 9.17) is 0 Å². The summed E-state index contributed by atoms with van der Waals surface area (Å²) >= 11 is 0. The first-order valence-corrected chi connectivity index (χ1v) is 6.22. The second-order valence-corrected chi connectivity index (χ2v) is 4.76. The maximum absolute atomic E-state index is 4.31. The molecule has 2 atom stereocenters. The van der Waals surface area contributed by atoms with Crippen molar-refractivity contribution in [2.45, 2.75) is 12.0 Å². The number of rotatable bonds is 1. The van der Waals surface area contributed by atoms with Gasteiger partial charge in [-0.15, -0.1) is 0 Å². The van der Waals surface area contributed by atoms with Crippen LogP contribution < -0.4 is 5.43 Å². The van der Waals surface area contributed by atoms with Crippen LogP contribution in [0.1, 0.15) is 11.5 Å². The van der Waals surface area contributed by atoms with Crippen LogP contribution in [0.15, 0.2) is 55.0 Å². The smallest absolute Gasteiger partial charge is 0.0713 e. The Bertz CT molecular complexity index is 640. The van der Waals surface area contributed by atoms with Crippen LogP contribution in [0.4, 0.5) is 0 Å². The molecule has 90 valence electrons. The number of hydrogen-bond acceptors (Lipinski definition) is 3. The average Bonchev–Trinajstić information content (AvgIpc) is 3.04. The summed E-state index contributed by atoms with van der Waals surface area (Å²) in [5, 5.41) is 6.48. The molecule has 18 heavy (non-hydrogen) atoms. The molecule has 2 aromatic heterocycles. The van der Waals surface area contributed by atoms with E-state index in [2.05, 4.69) is 58.3 Å². The molecule has 1 fully saturated rings. The fourth-order valence-corrected chi connectivity index (χ4v) is 2.79. The second-order valence-electron chi connectivity index (χ2n) is 4.76. The zero-order valence-corrected chi connectivity index (χ0v) is 9.90. The third-order valence-corrected chi connectivity index (χ3v) is 3.74. The molecule has 4 heterocycles. The first kappa shape index (κ1) is 9.91. The predicted molar refractivity (Wildman–Crippen MR) is 69.8 cm³/mol. The van der Waals surface area contributed by atoms with Crippen LogP contribution in [0, 0.1) is 0 Å². The molecule has 0 aromatic carbocycles. The Morgan fingerprint density at radius 3 is 3.22 bits per heavy atom. The predicted octanol–water partition coefficient (Wildman–Crippen LogP) is 1.69. The van der Waals surface area contributed by atoms with Gasteiger partial charge in [0.1, 0.15) is 0 Å². The monoisotopic (exact) mass is 238 g/mol. The van der Waals surface area contributed by atoms with Gasteiger partial charge in [-0.3, -0.25) is 0 Å². The molecule has 0 amide bonds. The molecule has 0 radical (unpaired) electrons. The molecule has 4 rings (SSSR count). The largest absolute Gasteiger partial charge is 0.308 e. The Morgan fingerprint density at radius 2 is 2.22 bits per heavy atom. The quantitative estimate of drug-likeness (QED) is 0.820. The molecule has 4 nitrogen and oxygen atoms in total. The molecular weight excluding hydrogens is 224 g/mol. The lowest BCUT2D eigenvalue weighted by molar-refractivity contribution is 0.302. The highest BCUT2D eigenvalue weighted by atomic mass is 15.5. The first-order valence-electron chi connectivity index (χ1n) is 6.22. The van der Waals surface area contributed by atoms with E-state index in [1.54, 1.807) is 0 Å². The molecule has 0 saturated carbocycles. The number of pyridine rings is 1. The molecule has 0 spiro atoms. The number of hydrazine groups is 1. The lowest BCUT2D eigenvalue weighted by atomic mass is 9.93. The Kier molecular flexibility index (Phi) is 2.04. The van der Waals surface area contributed by atoms with Crippen molar-refractivity contribution in [1.82, 2.24) is 20.0 Å². The highest BCUT2D eigenvalue weighted by Crippen LogP contribution is 2.29. The Labute approximate surface area is 105 Å². The van der Waals surface area contributed by atoms with E-state index >= 15 is 0 Å². The minimum Gasteiger partial charge on any atom is -0.308 e. The standard InChI is InChI=1S/C14H14N4/c1-2-8-17-14(3-1)13(9-16-17)11-4-5-12-6-7-15-18(12)10-11/h1-8,10,13-14,16H,9H2. The van der Waals surface area contributed by atoms with Gasteiger partial charge in [-0.2, -0.15) is 5.10 Å². The van der Waals surface area contributed by atoms with Crippen LogP contribution in [0.3, 0.4) is 0 Å². The van der Waals surface area contributed by atoms with Crippen molar-refractivity contribution < 1.29 is 0 Å². The Balaban J connectivity index is 1.74. The SMILES string of the molecule is C1=CC2C(c3ccc4ccnn4c3)CNN2C=C1. The number of allylic oxidation sites excluding steroid dienone is 2. The van der Waals surface area contributed by atoms with Crippen molar-refractivity contribution in [1.29, 1.82) is 0 Å².